The molecule has 0 spiro atoms. The number of ether oxygens (including phenoxy) is 1. The molecule has 2 atom stereocenters. The second kappa shape index (κ2) is 20.1. The monoisotopic (exact) mass is 662 g/mol. The van der Waals surface area contributed by atoms with Crippen LogP contribution < -0.4 is 21.3 Å². The summed E-state index contributed by atoms with van der Waals surface area (Å²) < 4.78 is 5.09. The number of thiol groups is 1. The summed E-state index contributed by atoms with van der Waals surface area (Å²) in [5.74, 6) is -4.65. The van der Waals surface area contributed by atoms with Crippen molar-refractivity contribution in [1.82, 2.24) is 21.3 Å². The highest BCUT2D eigenvalue weighted by atomic mass is 32.1. The fraction of sp³-hybridized carbons (Fsp3) is 0.562. The summed E-state index contributed by atoms with van der Waals surface area (Å²) >= 11 is 4.09. The van der Waals surface area contributed by atoms with Crippen LogP contribution in [-0.2, 0) is 30.3 Å². The first-order chi connectivity index (χ1) is 21.9. The van der Waals surface area contributed by atoms with Gasteiger partial charge < -0.3 is 36.2 Å². The Labute approximate surface area is 274 Å². The molecule has 0 saturated heterocycles. The molecule has 1 saturated carbocycles. The van der Waals surface area contributed by atoms with Crippen molar-refractivity contribution in [3.63, 3.8) is 0 Å². The summed E-state index contributed by atoms with van der Waals surface area (Å²) in [6.45, 7) is 3.94. The molecular formula is C32H46N4O9S. The van der Waals surface area contributed by atoms with Gasteiger partial charge in [-0.1, -0.05) is 58.1 Å². The molecule has 46 heavy (non-hydrogen) atoms. The van der Waals surface area contributed by atoms with Crippen LogP contribution in [0.25, 0.3) is 0 Å². The molecule has 14 heteroatoms. The minimum absolute atomic E-state index is 0.0768. The van der Waals surface area contributed by atoms with Crippen molar-refractivity contribution in [3.8, 4) is 0 Å². The van der Waals surface area contributed by atoms with Crippen molar-refractivity contribution in [3.05, 3.63) is 46.5 Å². The van der Waals surface area contributed by atoms with Crippen LogP contribution in [0, 0.1) is 17.8 Å². The van der Waals surface area contributed by atoms with Crippen molar-refractivity contribution in [2.75, 3.05) is 19.7 Å². The fourth-order valence-electron chi connectivity index (χ4n) is 5.00. The van der Waals surface area contributed by atoms with E-state index in [4.69, 9.17) is 9.84 Å². The number of rotatable bonds is 18. The second-order valence-electron chi connectivity index (χ2n) is 11.8. The molecule has 4 amide bonds. The number of carboxylic acid groups (broad SMARTS) is 2. The summed E-state index contributed by atoms with van der Waals surface area (Å²) in [5, 5.41) is 29.9. The Kier molecular flexibility index (Phi) is 16.7. The highest BCUT2D eigenvalue weighted by Gasteiger charge is 2.30. The zero-order chi connectivity index (χ0) is 34.1. The van der Waals surface area contributed by atoms with Gasteiger partial charge >= 0.3 is 18.0 Å². The lowest BCUT2D eigenvalue weighted by molar-refractivity contribution is -0.138. The van der Waals surface area contributed by atoms with Crippen molar-refractivity contribution < 1.29 is 43.7 Å². The molecule has 6 N–H and O–H groups in total. The summed E-state index contributed by atoms with van der Waals surface area (Å²) in [7, 11) is 0. The maximum atomic E-state index is 13.5. The molecule has 0 heterocycles. The Hall–Kier alpha value is -4.07. The minimum Gasteiger partial charge on any atom is -0.481 e. The van der Waals surface area contributed by atoms with E-state index in [-0.39, 0.29) is 55.6 Å². The zero-order valence-electron chi connectivity index (χ0n) is 26.4. The van der Waals surface area contributed by atoms with E-state index in [1.54, 1.807) is 12.1 Å². The van der Waals surface area contributed by atoms with Crippen molar-refractivity contribution >= 4 is 48.4 Å². The number of amides is 4. The summed E-state index contributed by atoms with van der Waals surface area (Å²) in [6, 6.07) is 5.22. The number of aromatic carboxylic acids is 1. The number of hydrogen-bond donors (Lipinski definition) is 7. The Balaban J connectivity index is 2.07. The minimum atomic E-state index is -1.11. The standard InChI is InChI=1S/C32H46N4O9S/c1-20(2)18-45-32(44)34-17-24(12-13-27(37)38)28(39)35-25(16-22-6-4-3-5-7-22)30(41)36-26(19-46)29(40)33-15-14-21-8-10-23(11-9-21)31(42)43/h8-11,19-20,22,24-25,46H,3-7,12-18H2,1-2H3,(H,33,40)(H,34,44)(H,35,39)(H,36,41)(H,37,38)(H,42,43)/b26-19-/t24?,25-/m0/s1. The van der Waals surface area contributed by atoms with E-state index in [1.807, 2.05) is 13.8 Å². The Morgan fingerprint density at radius 3 is 2.24 bits per heavy atom. The lowest BCUT2D eigenvalue weighted by atomic mass is 9.84. The van der Waals surface area contributed by atoms with Crippen LogP contribution in [0.5, 0.6) is 0 Å². The molecule has 254 valence electrons. The normalized spacial score (nSPS) is 14.9. The van der Waals surface area contributed by atoms with Gasteiger partial charge in [0.05, 0.1) is 18.1 Å². The van der Waals surface area contributed by atoms with Crippen molar-refractivity contribution in [2.24, 2.45) is 17.8 Å². The molecular weight excluding hydrogens is 616 g/mol. The van der Waals surface area contributed by atoms with Crippen LogP contribution in [-0.4, -0.2) is 71.7 Å². The van der Waals surface area contributed by atoms with Gasteiger partial charge in [-0.2, -0.15) is 0 Å². The van der Waals surface area contributed by atoms with Gasteiger partial charge in [-0.25, -0.2) is 9.59 Å². The fourth-order valence-corrected chi connectivity index (χ4v) is 5.18. The molecule has 0 aliphatic heterocycles. The lowest BCUT2D eigenvalue weighted by Crippen LogP contribution is -2.51. The lowest BCUT2D eigenvalue weighted by Gasteiger charge is -2.28. The van der Waals surface area contributed by atoms with E-state index in [2.05, 4.69) is 33.9 Å². The van der Waals surface area contributed by atoms with E-state index < -0.39 is 47.7 Å². The maximum Gasteiger partial charge on any atom is 0.407 e. The smallest absolute Gasteiger partial charge is 0.407 e. The Morgan fingerprint density at radius 1 is 0.978 bits per heavy atom. The van der Waals surface area contributed by atoms with Gasteiger partial charge in [-0.3, -0.25) is 19.2 Å². The predicted octanol–water partition coefficient (Wildman–Crippen LogP) is 3.25. The van der Waals surface area contributed by atoms with Gasteiger partial charge in [-0.05, 0) is 54.2 Å². The number of hydrogen-bond acceptors (Lipinski definition) is 8. The van der Waals surface area contributed by atoms with E-state index in [1.165, 1.54) is 12.1 Å². The average Bonchev–Trinajstić information content (AvgIpc) is 3.02. The number of carbonyl (C=O) groups is 6. The van der Waals surface area contributed by atoms with Crippen molar-refractivity contribution in [2.45, 2.75) is 77.7 Å². The van der Waals surface area contributed by atoms with Crippen LogP contribution in [0.15, 0.2) is 35.4 Å². The molecule has 0 aromatic heterocycles. The third kappa shape index (κ3) is 14.4. The quantitative estimate of drug-likeness (QED) is 0.0910. The van der Waals surface area contributed by atoms with E-state index in [9.17, 15) is 33.9 Å². The highest BCUT2D eigenvalue weighted by molar-refractivity contribution is 7.83. The largest absolute Gasteiger partial charge is 0.481 e. The highest BCUT2D eigenvalue weighted by Crippen LogP contribution is 2.27. The van der Waals surface area contributed by atoms with Crippen LogP contribution in [0.2, 0.25) is 0 Å². The summed E-state index contributed by atoms with van der Waals surface area (Å²) in [5.41, 5.74) is 0.829. The second-order valence-corrected chi connectivity index (χ2v) is 12.1. The Morgan fingerprint density at radius 2 is 1.65 bits per heavy atom. The van der Waals surface area contributed by atoms with Crippen LogP contribution >= 0.6 is 12.6 Å². The van der Waals surface area contributed by atoms with Gasteiger partial charge in [0, 0.05) is 19.5 Å². The molecule has 1 aromatic rings. The maximum absolute atomic E-state index is 13.5. The van der Waals surface area contributed by atoms with Gasteiger partial charge in [0.25, 0.3) is 5.91 Å². The van der Waals surface area contributed by atoms with Crippen molar-refractivity contribution in [1.29, 1.82) is 0 Å². The van der Waals surface area contributed by atoms with Gasteiger partial charge in [0.1, 0.15) is 11.7 Å². The summed E-state index contributed by atoms with van der Waals surface area (Å²) in [4.78, 5) is 74.2. The molecule has 1 unspecified atom stereocenters. The van der Waals surface area contributed by atoms with Gasteiger partial charge in [0.15, 0.2) is 0 Å². The topological polar surface area (TPSA) is 200 Å². The zero-order valence-corrected chi connectivity index (χ0v) is 27.3. The number of carboxylic acids is 2. The number of aliphatic carboxylic acids is 1. The molecule has 0 bridgehead atoms. The van der Waals surface area contributed by atoms with Crippen LogP contribution in [0.4, 0.5) is 4.79 Å². The van der Waals surface area contributed by atoms with Crippen LogP contribution in [0.1, 0.15) is 81.1 Å². The SMILES string of the molecule is CC(C)COC(=O)NCC(CCC(=O)O)C(=O)N[C@@H](CC1CCCCC1)C(=O)N/C(=C\S)C(=O)NCCc1ccc(C(=O)O)cc1. The molecule has 0 radical (unpaired) electrons. The molecule has 13 nitrogen and oxygen atoms in total. The summed E-state index contributed by atoms with van der Waals surface area (Å²) in [6.07, 6.45) is 4.46. The first-order valence-electron chi connectivity index (χ1n) is 15.6. The third-order valence-electron chi connectivity index (χ3n) is 7.58. The van der Waals surface area contributed by atoms with E-state index in [0.29, 0.717) is 12.8 Å². The number of alkyl carbamates (subject to hydrolysis) is 1. The first-order valence-corrected chi connectivity index (χ1v) is 16.1. The third-order valence-corrected chi connectivity index (χ3v) is 7.83. The molecule has 1 aromatic carbocycles. The van der Waals surface area contributed by atoms with E-state index >= 15 is 0 Å². The number of benzene rings is 1. The van der Waals surface area contributed by atoms with Crippen LogP contribution in [0.3, 0.4) is 0 Å². The molecule has 2 rings (SSSR count). The molecule has 1 fully saturated rings. The van der Waals surface area contributed by atoms with E-state index in [0.717, 1.165) is 43.1 Å². The van der Waals surface area contributed by atoms with Gasteiger partial charge in [-0.15, -0.1) is 12.6 Å². The number of nitrogens with one attached hydrogen (secondary N) is 4. The predicted molar refractivity (Wildman–Crippen MR) is 173 cm³/mol. The number of carbonyl (C=O) groups excluding carboxylic acids is 4. The molecule has 1 aliphatic rings. The van der Waals surface area contributed by atoms with Gasteiger partial charge in [0.2, 0.25) is 11.8 Å². The Bertz CT molecular complexity index is 1230. The first kappa shape index (κ1) is 38.1. The average molecular weight is 663 g/mol. The molecule has 1 aliphatic carbocycles.